The maximum Gasteiger partial charge on any atom is 0.0846 e. The summed E-state index contributed by atoms with van der Waals surface area (Å²) in [5, 5.41) is 0. The third-order valence-corrected chi connectivity index (χ3v) is 2.65. The first-order valence-electron chi connectivity index (χ1n) is 3.67. The van der Waals surface area contributed by atoms with E-state index < -0.39 is 0 Å². The fourth-order valence-corrected chi connectivity index (χ4v) is 1.54. The maximum atomic E-state index is 3.49. The second-order valence-corrected chi connectivity index (χ2v) is 3.74. The van der Waals surface area contributed by atoms with Crippen LogP contribution in [0.2, 0.25) is 0 Å². The molecule has 0 amide bonds. The average Bonchev–Trinajstić information content (AvgIpc) is 2.62. The molecule has 1 aromatic heterocycles. The van der Waals surface area contributed by atoms with Crippen LogP contribution in [0.5, 0.6) is 0 Å². The highest BCUT2D eigenvalue weighted by molar-refractivity contribution is 9.10. The molecule has 1 aromatic rings. The molecule has 2 rings (SSSR count). The molecule has 1 aliphatic rings. The summed E-state index contributed by atoms with van der Waals surface area (Å²) in [5.41, 5.74) is 0. The average molecular weight is 200 g/mol. The number of hydrogen-bond donors (Lipinski definition) is 0. The Bertz CT molecular complexity index is 225. The van der Waals surface area contributed by atoms with Crippen molar-refractivity contribution in [3.8, 4) is 0 Å². The van der Waals surface area contributed by atoms with Gasteiger partial charge in [-0.05, 0) is 46.8 Å². The van der Waals surface area contributed by atoms with Crippen molar-refractivity contribution < 1.29 is 0 Å². The quantitative estimate of drug-likeness (QED) is 0.691. The van der Waals surface area contributed by atoms with Crippen LogP contribution in [-0.4, -0.2) is 4.57 Å². The van der Waals surface area contributed by atoms with Gasteiger partial charge in [-0.25, -0.2) is 0 Å². The molecule has 0 aromatic carbocycles. The molecule has 0 saturated heterocycles. The molecule has 0 N–H and O–H groups in total. The number of aromatic nitrogens is 1. The molecule has 1 aliphatic carbocycles. The zero-order chi connectivity index (χ0) is 6.97. The molecule has 0 bridgehead atoms. The Labute approximate surface area is 69.2 Å². The van der Waals surface area contributed by atoms with Crippen molar-refractivity contribution in [1.82, 2.24) is 4.57 Å². The molecule has 0 atom stereocenters. The summed E-state index contributed by atoms with van der Waals surface area (Å²) in [5.74, 6) is 0.962. The topological polar surface area (TPSA) is 4.93 Å². The number of rotatable bonds is 2. The first-order valence-corrected chi connectivity index (χ1v) is 4.46. The summed E-state index contributed by atoms with van der Waals surface area (Å²) in [6.45, 7) is 1.20. The highest BCUT2D eigenvalue weighted by Crippen LogP contribution is 2.31. The van der Waals surface area contributed by atoms with E-state index in [0.717, 1.165) is 5.92 Å². The van der Waals surface area contributed by atoms with Crippen molar-refractivity contribution in [3.63, 3.8) is 0 Å². The van der Waals surface area contributed by atoms with Gasteiger partial charge in [-0.2, -0.15) is 0 Å². The Hall–Kier alpha value is -0.240. The van der Waals surface area contributed by atoms with Gasteiger partial charge in [0.2, 0.25) is 0 Å². The van der Waals surface area contributed by atoms with Crippen molar-refractivity contribution >= 4 is 15.9 Å². The molecule has 1 heterocycles. The molecule has 0 radical (unpaired) electrons. The van der Waals surface area contributed by atoms with Crippen LogP contribution in [0.15, 0.2) is 22.9 Å². The molecule has 1 fully saturated rings. The fourth-order valence-electron chi connectivity index (χ4n) is 1.12. The SMILES string of the molecule is Brc1cccn1CC1CC1. The van der Waals surface area contributed by atoms with Gasteiger partial charge < -0.3 is 4.57 Å². The van der Waals surface area contributed by atoms with E-state index in [2.05, 4.69) is 38.8 Å². The van der Waals surface area contributed by atoms with Crippen molar-refractivity contribution in [2.45, 2.75) is 19.4 Å². The third-order valence-electron chi connectivity index (χ3n) is 1.93. The van der Waals surface area contributed by atoms with E-state index >= 15 is 0 Å². The second-order valence-electron chi connectivity index (χ2n) is 2.93. The normalized spacial score (nSPS) is 17.7. The predicted molar refractivity (Wildman–Crippen MR) is 44.9 cm³/mol. The molecule has 1 nitrogen and oxygen atoms in total. The van der Waals surface area contributed by atoms with Gasteiger partial charge >= 0.3 is 0 Å². The summed E-state index contributed by atoms with van der Waals surface area (Å²) in [4.78, 5) is 0. The smallest absolute Gasteiger partial charge is 0.0846 e. The number of hydrogen-bond acceptors (Lipinski definition) is 0. The van der Waals surface area contributed by atoms with Gasteiger partial charge in [0.15, 0.2) is 0 Å². The van der Waals surface area contributed by atoms with Crippen molar-refractivity contribution in [3.05, 3.63) is 22.9 Å². The monoisotopic (exact) mass is 199 g/mol. The van der Waals surface area contributed by atoms with Crippen molar-refractivity contribution in [2.75, 3.05) is 0 Å². The Morgan fingerprint density at radius 3 is 2.90 bits per heavy atom. The molecule has 10 heavy (non-hydrogen) atoms. The minimum absolute atomic E-state index is 0.962. The fraction of sp³-hybridized carbons (Fsp3) is 0.500. The van der Waals surface area contributed by atoms with Gasteiger partial charge in [-0.1, -0.05) is 0 Å². The highest BCUT2D eigenvalue weighted by atomic mass is 79.9. The first kappa shape index (κ1) is 6.47. The van der Waals surface area contributed by atoms with E-state index in [0.29, 0.717) is 0 Å². The van der Waals surface area contributed by atoms with Crippen LogP contribution >= 0.6 is 15.9 Å². The molecular formula is C8H10BrN. The molecule has 54 valence electrons. The standard InChI is InChI=1S/C8H10BrN/c9-8-2-1-5-10(8)6-7-3-4-7/h1-2,5,7H,3-4,6H2. The van der Waals surface area contributed by atoms with E-state index in [1.165, 1.54) is 24.0 Å². The minimum atomic E-state index is 0.962. The lowest BCUT2D eigenvalue weighted by Crippen LogP contribution is -1.96. The van der Waals surface area contributed by atoms with Gasteiger partial charge in [-0.3, -0.25) is 0 Å². The molecule has 0 unspecified atom stereocenters. The predicted octanol–water partition coefficient (Wildman–Crippen LogP) is 2.66. The third kappa shape index (κ3) is 1.26. The number of nitrogens with zero attached hydrogens (tertiary/aromatic N) is 1. The van der Waals surface area contributed by atoms with Gasteiger partial charge in [0.1, 0.15) is 0 Å². The van der Waals surface area contributed by atoms with Crippen LogP contribution in [0.3, 0.4) is 0 Å². The zero-order valence-corrected chi connectivity index (χ0v) is 7.34. The van der Waals surface area contributed by atoms with Crippen LogP contribution in [-0.2, 0) is 6.54 Å². The maximum absolute atomic E-state index is 3.49. The lowest BCUT2D eigenvalue weighted by molar-refractivity contribution is 0.620. The molecule has 2 heteroatoms. The summed E-state index contributed by atoms with van der Waals surface area (Å²) in [6.07, 6.45) is 4.97. The van der Waals surface area contributed by atoms with Crippen molar-refractivity contribution in [2.24, 2.45) is 5.92 Å². The van der Waals surface area contributed by atoms with Crippen LogP contribution in [0.25, 0.3) is 0 Å². The minimum Gasteiger partial charge on any atom is -0.342 e. The van der Waals surface area contributed by atoms with E-state index in [9.17, 15) is 0 Å². The van der Waals surface area contributed by atoms with E-state index in [1.807, 2.05) is 0 Å². The Morgan fingerprint density at radius 1 is 1.60 bits per heavy atom. The molecule has 0 aliphatic heterocycles. The largest absolute Gasteiger partial charge is 0.342 e. The van der Waals surface area contributed by atoms with Crippen LogP contribution in [0.4, 0.5) is 0 Å². The van der Waals surface area contributed by atoms with E-state index in [-0.39, 0.29) is 0 Å². The van der Waals surface area contributed by atoms with Crippen LogP contribution in [0.1, 0.15) is 12.8 Å². The van der Waals surface area contributed by atoms with Crippen LogP contribution < -0.4 is 0 Å². The first-order chi connectivity index (χ1) is 4.86. The Balaban J connectivity index is 2.08. The summed E-state index contributed by atoms with van der Waals surface area (Å²) in [6, 6.07) is 4.16. The summed E-state index contributed by atoms with van der Waals surface area (Å²) in [7, 11) is 0. The highest BCUT2D eigenvalue weighted by Gasteiger charge is 2.21. The molecule has 1 saturated carbocycles. The zero-order valence-electron chi connectivity index (χ0n) is 5.76. The Kier molecular flexibility index (Phi) is 1.57. The number of halogens is 1. The van der Waals surface area contributed by atoms with Gasteiger partial charge in [0.25, 0.3) is 0 Å². The summed E-state index contributed by atoms with van der Waals surface area (Å²) >= 11 is 3.49. The van der Waals surface area contributed by atoms with Crippen LogP contribution in [0, 0.1) is 5.92 Å². The van der Waals surface area contributed by atoms with Gasteiger partial charge in [0.05, 0.1) is 4.60 Å². The molecular weight excluding hydrogens is 190 g/mol. The van der Waals surface area contributed by atoms with Gasteiger partial charge in [-0.15, -0.1) is 0 Å². The van der Waals surface area contributed by atoms with E-state index in [4.69, 9.17) is 0 Å². The van der Waals surface area contributed by atoms with Crippen molar-refractivity contribution in [1.29, 1.82) is 0 Å². The summed E-state index contributed by atoms with van der Waals surface area (Å²) < 4.78 is 3.47. The lowest BCUT2D eigenvalue weighted by atomic mass is 10.4. The lowest BCUT2D eigenvalue weighted by Gasteiger charge is -2.01. The second kappa shape index (κ2) is 2.42. The molecule has 0 spiro atoms. The van der Waals surface area contributed by atoms with E-state index in [1.54, 1.807) is 0 Å². The Morgan fingerprint density at radius 2 is 2.40 bits per heavy atom. The van der Waals surface area contributed by atoms with Gasteiger partial charge in [0, 0.05) is 12.7 Å².